The van der Waals surface area contributed by atoms with E-state index >= 15 is 0 Å². The third kappa shape index (κ3) is 4.92. The van der Waals surface area contributed by atoms with Crippen LogP contribution in [0.3, 0.4) is 0 Å². The minimum Gasteiger partial charge on any atom is -0.493 e. The molecular weight excluding hydrogens is 502 g/mol. The van der Waals surface area contributed by atoms with E-state index in [1.54, 1.807) is 44.6 Å². The fourth-order valence-electron chi connectivity index (χ4n) is 4.14. The molecule has 36 heavy (non-hydrogen) atoms. The van der Waals surface area contributed by atoms with Crippen LogP contribution in [0, 0.1) is 0 Å². The first-order valence-electron chi connectivity index (χ1n) is 11.3. The number of ether oxygens (including phenoxy) is 2. The molecule has 1 saturated heterocycles. The van der Waals surface area contributed by atoms with Gasteiger partial charge in [0, 0.05) is 54.9 Å². The first-order valence-corrected chi connectivity index (χ1v) is 12.5. The molecule has 1 fully saturated rings. The maximum atomic E-state index is 13.0. The second kappa shape index (κ2) is 10.3. The summed E-state index contributed by atoms with van der Waals surface area (Å²) in [5.41, 5.74) is 1.91. The van der Waals surface area contributed by atoms with E-state index in [4.69, 9.17) is 21.1 Å². The molecule has 0 saturated carbocycles. The maximum Gasteiger partial charge on any atom is 0.275 e. The summed E-state index contributed by atoms with van der Waals surface area (Å²) in [5.74, 6) is 1.06. The van der Waals surface area contributed by atoms with Crippen LogP contribution in [0.1, 0.15) is 16.1 Å². The Balaban J connectivity index is 1.25. The Labute approximate surface area is 216 Å². The van der Waals surface area contributed by atoms with Gasteiger partial charge in [-0.2, -0.15) is 9.61 Å². The molecule has 0 unspecified atom stereocenters. The summed E-state index contributed by atoms with van der Waals surface area (Å²) in [5, 5.41) is 5.77. The Morgan fingerprint density at radius 1 is 1.00 bits per heavy atom. The summed E-state index contributed by atoms with van der Waals surface area (Å²) in [6.07, 6.45) is 0. The van der Waals surface area contributed by atoms with E-state index in [1.807, 2.05) is 17.0 Å². The van der Waals surface area contributed by atoms with E-state index in [0.717, 1.165) is 5.56 Å². The van der Waals surface area contributed by atoms with Crippen molar-refractivity contribution in [3.63, 3.8) is 0 Å². The Hall–Kier alpha value is -3.47. The van der Waals surface area contributed by atoms with Gasteiger partial charge in [0.05, 0.1) is 19.9 Å². The molecule has 1 aliphatic heterocycles. The summed E-state index contributed by atoms with van der Waals surface area (Å²) in [7, 11) is 3.11. The Kier molecular flexibility index (Phi) is 6.90. The van der Waals surface area contributed by atoms with Gasteiger partial charge in [-0.05, 0) is 30.3 Å². The van der Waals surface area contributed by atoms with Crippen LogP contribution in [0.4, 0.5) is 0 Å². The van der Waals surface area contributed by atoms with Crippen molar-refractivity contribution in [3.05, 3.63) is 75.2 Å². The van der Waals surface area contributed by atoms with Gasteiger partial charge in [-0.1, -0.05) is 35.1 Å². The summed E-state index contributed by atoms with van der Waals surface area (Å²) in [6, 6.07) is 14.0. The van der Waals surface area contributed by atoms with E-state index in [0.29, 0.717) is 70.5 Å². The van der Waals surface area contributed by atoms with E-state index < -0.39 is 0 Å². The van der Waals surface area contributed by atoms with Crippen LogP contribution in [-0.4, -0.2) is 70.7 Å². The summed E-state index contributed by atoms with van der Waals surface area (Å²) < 4.78 is 11.9. The highest BCUT2D eigenvalue weighted by Gasteiger charge is 2.24. The third-order valence-corrected chi connectivity index (χ3v) is 7.27. The number of hydrogen-bond donors (Lipinski definition) is 0. The lowest BCUT2D eigenvalue weighted by molar-refractivity contribution is 0.0626. The number of rotatable bonds is 6. The zero-order chi connectivity index (χ0) is 25.2. The van der Waals surface area contributed by atoms with Crippen molar-refractivity contribution >= 4 is 33.8 Å². The Morgan fingerprint density at radius 2 is 1.72 bits per heavy atom. The molecule has 11 heteroatoms. The smallest absolute Gasteiger partial charge is 0.275 e. The minimum atomic E-state index is -0.214. The minimum absolute atomic E-state index is 0.0484. The fourth-order valence-corrected chi connectivity index (χ4v) is 5.19. The van der Waals surface area contributed by atoms with E-state index in [-0.39, 0.29) is 11.5 Å². The topological polar surface area (TPSA) is 89.3 Å². The van der Waals surface area contributed by atoms with Crippen LogP contribution in [0.5, 0.6) is 11.5 Å². The van der Waals surface area contributed by atoms with Crippen LogP contribution in [-0.2, 0) is 6.54 Å². The van der Waals surface area contributed by atoms with Crippen LogP contribution in [0.15, 0.2) is 53.3 Å². The first-order chi connectivity index (χ1) is 17.4. The van der Waals surface area contributed by atoms with Crippen molar-refractivity contribution < 1.29 is 14.3 Å². The number of piperazine rings is 1. The maximum absolute atomic E-state index is 13.0. The van der Waals surface area contributed by atoms with E-state index in [9.17, 15) is 9.59 Å². The summed E-state index contributed by atoms with van der Waals surface area (Å²) >= 11 is 7.34. The summed E-state index contributed by atoms with van der Waals surface area (Å²) in [4.78, 5) is 34.9. The molecule has 2 aromatic carbocycles. The number of aromatic nitrogens is 3. The van der Waals surface area contributed by atoms with Crippen LogP contribution in [0.25, 0.3) is 15.5 Å². The molecule has 0 aliphatic carbocycles. The van der Waals surface area contributed by atoms with Crippen molar-refractivity contribution in [2.75, 3.05) is 40.4 Å². The number of amides is 1. The van der Waals surface area contributed by atoms with Crippen molar-refractivity contribution in [1.82, 2.24) is 24.4 Å². The van der Waals surface area contributed by atoms with Gasteiger partial charge in [0.2, 0.25) is 4.96 Å². The Bertz CT molecular complexity index is 1460. The lowest BCUT2D eigenvalue weighted by Gasteiger charge is -2.34. The molecule has 0 N–H and O–H groups in total. The number of benzene rings is 2. The van der Waals surface area contributed by atoms with Crippen molar-refractivity contribution in [1.29, 1.82) is 0 Å². The molecule has 0 spiro atoms. The van der Waals surface area contributed by atoms with Crippen LogP contribution >= 0.6 is 22.9 Å². The molecule has 186 valence electrons. The number of carbonyl (C=O) groups is 1. The highest BCUT2D eigenvalue weighted by Crippen LogP contribution is 2.28. The molecule has 0 radical (unpaired) electrons. The van der Waals surface area contributed by atoms with Gasteiger partial charge in [-0.25, -0.2) is 4.98 Å². The van der Waals surface area contributed by atoms with Crippen LogP contribution in [0.2, 0.25) is 5.02 Å². The molecule has 5 rings (SSSR count). The van der Waals surface area contributed by atoms with Crippen molar-refractivity contribution in [2.45, 2.75) is 6.54 Å². The summed E-state index contributed by atoms with van der Waals surface area (Å²) in [6.45, 7) is 3.04. The monoisotopic (exact) mass is 525 g/mol. The zero-order valence-electron chi connectivity index (χ0n) is 19.8. The third-order valence-electron chi connectivity index (χ3n) is 6.06. The van der Waals surface area contributed by atoms with Gasteiger partial charge in [0.25, 0.3) is 11.5 Å². The highest BCUT2D eigenvalue weighted by atomic mass is 35.5. The number of carbonyl (C=O) groups excluding carboxylic acids is 1. The van der Waals surface area contributed by atoms with Gasteiger partial charge in [-0.3, -0.25) is 14.5 Å². The van der Waals surface area contributed by atoms with E-state index in [2.05, 4.69) is 15.0 Å². The lowest BCUT2D eigenvalue weighted by atomic mass is 10.1. The van der Waals surface area contributed by atoms with Crippen molar-refractivity contribution in [3.8, 4) is 22.1 Å². The molecule has 0 bridgehead atoms. The van der Waals surface area contributed by atoms with Gasteiger partial charge < -0.3 is 14.4 Å². The number of hydrogen-bond acceptors (Lipinski definition) is 8. The number of fused-ring (bicyclic) bond motifs is 1. The number of halogens is 1. The average molecular weight is 526 g/mol. The Morgan fingerprint density at radius 3 is 2.42 bits per heavy atom. The van der Waals surface area contributed by atoms with Gasteiger partial charge in [0.15, 0.2) is 11.5 Å². The molecule has 4 aromatic rings. The van der Waals surface area contributed by atoms with Crippen molar-refractivity contribution in [2.24, 2.45) is 0 Å². The average Bonchev–Trinajstić information content (AvgIpc) is 3.33. The predicted molar refractivity (Wildman–Crippen MR) is 138 cm³/mol. The quantitative estimate of drug-likeness (QED) is 0.381. The highest BCUT2D eigenvalue weighted by molar-refractivity contribution is 7.19. The zero-order valence-corrected chi connectivity index (χ0v) is 21.4. The lowest BCUT2D eigenvalue weighted by Crippen LogP contribution is -2.48. The second-order valence-electron chi connectivity index (χ2n) is 8.33. The molecule has 1 amide bonds. The molecular formula is C25H24ClN5O4S. The van der Waals surface area contributed by atoms with E-state index in [1.165, 1.54) is 21.9 Å². The largest absolute Gasteiger partial charge is 0.493 e. The number of methoxy groups -OCH3 is 2. The fraction of sp³-hybridized carbons (Fsp3) is 0.280. The van der Waals surface area contributed by atoms with Gasteiger partial charge >= 0.3 is 0 Å². The molecule has 2 aromatic heterocycles. The second-order valence-corrected chi connectivity index (χ2v) is 9.72. The molecule has 3 heterocycles. The molecule has 0 atom stereocenters. The molecule has 9 nitrogen and oxygen atoms in total. The number of nitrogens with zero attached hydrogens (tertiary/aromatic N) is 5. The van der Waals surface area contributed by atoms with Gasteiger partial charge in [-0.15, -0.1) is 0 Å². The standard InChI is InChI=1S/C25H24ClN5O4S/c1-34-20-8-5-17(13-21(20)35-2)24(33)30-11-9-29(10-12-30)15-19-14-22(32)31-25(27-19)36-23(28-31)16-3-6-18(26)7-4-16/h3-8,13-14H,9-12,15H2,1-2H3. The van der Waals surface area contributed by atoms with Gasteiger partial charge in [0.1, 0.15) is 5.01 Å². The molecule has 1 aliphatic rings. The first kappa shape index (κ1) is 24.2. The SMILES string of the molecule is COc1ccc(C(=O)N2CCN(Cc3cc(=O)n4nc(-c5ccc(Cl)cc5)sc4n3)CC2)cc1OC. The normalized spacial score (nSPS) is 14.2. The van der Waals surface area contributed by atoms with Crippen LogP contribution < -0.4 is 15.0 Å². The predicted octanol–water partition coefficient (Wildman–Crippen LogP) is 3.45.